The molecular formula is C13H18O3. The van der Waals surface area contributed by atoms with Crippen molar-refractivity contribution < 1.29 is 14.3 Å². The molecule has 1 aromatic rings. The molecule has 0 saturated carbocycles. The number of ether oxygens (including phenoxy) is 2. The van der Waals surface area contributed by atoms with Gasteiger partial charge in [0.25, 0.3) is 0 Å². The van der Waals surface area contributed by atoms with Gasteiger partial charge in [0.15, 0.2) is 6.79 Å². The van der Waals surface area contributed by atoms with Crippen molar-refractivity contribution in [2.75, 3.05) is 6.79 Å². The van der Waals surface area contributed by atoms with Crippen molar-refractivity contribution >= 4 is 5.97 Å². The lowest BCUT2D eigenvalue weighted by Crippen LogP contribution is -2.15. The van der Waals surface area contributed by atoms with Crippen molar-refractivity contribution in [1.29, 1.82) is 0 Å². The molecule has 1 aromatic carbocycles. The second-order valence-corrected chi connectivity index (χ2v) is 3.96. The fourth-order valence-corrected chi connectivity index (χ4v) is 1.18. The molecule has 0 aliphatic carbocycles. The Morgan fingerprint density at radius 2 is 1.81 bits per heavy atom. The average Bonchev–Trinajstić information content (AvgIpc) is 2.29. The van der Waals surface area contributed by atoms with Crippen LogP contribution in [-0.4, -0.2) is 12.8 Å². The molecule has 0 bridgehead atoms. The normalized spacial score (nSPS) is 12.5. The number of rotatable bonds is 5. The third-order valence-electron chi connectivity index (χ3n) is 2.26. The topological polar surface area (TPSA) is 35.5 Å². The molecule has 0 fully saturated rings. The van der Waals surface area contributed by atoms with Crippen molar-refractivity contribution in [3.8, 4) is 0 Å². The highest BCUT2D eigenvalue weighted by Crippen LogP contribution is 2.15. The van der Waals surface area contributed by atoms with E-state index in [-0.39, 0.29) is 24.8 Å². The minimum atomic E-state index is -0.236. The minimum Gasteiger partial charge on any atom is -0.438 e. The third-order valence-corrected chi connectivity index (χ3v) is 2.26. The fourth-order valence-electron chi connectivity index (χ4n) is 1.18. The summed E-state index contributed by atoms with van der Waals surface area (Å²) in [7, 11) is 0. The number of benzene rings is 1. The van der Waals surface area contributed by atoms with E-state index < -0.39 is 0 Å². The van der Waals surface area contributed by atoms with Crippen LogP contribution < -0.4 is 0 Å². The first kappa shape index (κ1) is 12.7. The first-order chi connectivity index (χ1) is 7.61. The Hall–Kier alpha value is -1.35. The molecule has 3 nitrogen and oxygen atoms in total. The molecule has 0 N–H and O–H groups in total. The number of carbonyl (C=O) groups is 1. The molecule has 0 aliphatic heterocycles. The molecule has 0 heterocycles. The van der Waals surface area contributed by atoms with Crippen molar-refractivity contribution in [3.05, 3.63) is 35.9 Å². The molecule has 0 aliphatic rings. The van der Waals surface area contributed by atoms with E-state index >= 15 is 0 Å². The maximum absolute atomic E-state index is 11.2. The lowest BCUT2D eigenvalue weighted by atomic mass is 10.1. The molecule has 16 heavy (non-hydrogen) atoms. The smallest absolute Gasteiger partial charge is 0.310 e. The molecule has 0 radical (unpaired) electrons. The van der Waals surface area contributed by atoms with E-state index in [1.54, 1.807) is 13.8 Å². The summed E-state index contributed by atoms with van der Waals surface area (Å²) >= 11 is 0. The monoisotopic (exact) mass is 222 g/mol. The molecule has 1 atom stereocenters. The van der Waals surface area contributed by atoms with Gasteiger partial charge in [0.2, 0.25) is 0 Å². The number of carbonyl (C=O) groups excluding carboxylic acids is 1. The summed E-state index contributed by atoms with van der Waals surface area (Å²) in [5.41, 5.74) is 1.07. The summed E-state index contributed by atoms with van der Waals surface area (Å²) in [6, 6.07) is 9.82. The first-order valence-corrected chi connectivity index (χ1v) is 5.44. The lowest BCUT2D eigenvalue weighted by Gasteiger charge is -2.14. The van der Waals surface area contributed by atoms with Crippen LogP contribution in [-0.2, 0) is 14.3 Å². The van der Waals surface area contributed by atoms with Crippen molar-refractivity contribution in [1.82, 2.24) is 0 Å². The van der Waals surface area contributed by atoms with Crippen LogP contribution in [0.25, 0.3) is 0 Å². The Bertz CT molecular complexity index is 319. The molecule has 0 amide bonds. The van der Waals surface area contributed by atoms with Crippen LogP contribution in [0.15, 0.2) is 30.3 Å². The summed E-state index contributed by atoms with van der Waals surface area (Å²) in [5, 5.41) is 0. The molecule has 1 rings (SSSR count). The van der Waals surface area contributed by atoms with E-state index in [2.05, 4.69) is 0 Å². The van der Waals surface area contributed by atoms with Gasteiger partial charge in [-0.3, -0.25) is 4.79 Å². The van der Waals surface area contributed by atoms with Crippen molar-refractivity contribution in [3.63, 3.8) is 0 Å². The van der Waals surface area contributed by atoms with E-state index in [0.29, 0.717) is 0 Å². The fraction of sp³-hybridized carbons (Fsp3) is 0.462. The summed E-state index contributed by atoms with van der Waals surface area (Å²) in [5.74, 6) is -0.351. The number of hydrogen-bond donors (Lipinski definition) is 0. The summed E-state index contributed by atoms with van der Waals surface area (Å²) < 4.78 is 10.3. The zero-order chi connectivity index (χ0) is 12.0. The van der Waals surface area contributed by atoms with Crippen LogP contribution in [0.3, 0.4) is 0 Å². The number of esters is 1. The van der Waals surface area contributed by atoms with Gasteiger partial charge in [-0.05, 0) is 12.5 Å². The maximum atomic E-state index is 11.2. The molecule has 0 aromatic heterocycles. The molecule has 88 valence electrons. The van der Waals surface area contributed by atoms with Gasteiger partial charge in [-0.15, -0.1) is 0 Å². The highest BCUT2D eigenvalue weighted by atomic mass is 16.7. The highest BCUT2D eigenvalue weighted by Gasteiger charge is 2.09. The first-order valence-electron chi connectivity index (χ1n) is 5.44. The van der Waals surface area contributed by atoms with Gasteiger partial charge < -0.3 is 9.47 Å². The standard InChI is InChI=1S/C13H18O3/c1-10(2)13(14)16-9-15-11(3)12-7-5-4-6-8-12/h4-8,10-11H,9H2,1-3H3. The van der Waals surface area contributed by atoms with E-state index in [1.165, 1.54) is 0 Å². The van der Waals surface area contributed by atoms with E-state index in [1.807, 2.05) is 37.3 Å². The lowest BCUT2D eigenvalue weighted by molar-refractivity contribution is -0.164. The highest BCUT2D eigenvalue weighted by molar-refractivity contribution is 5.71. The van der Waals surface area contributed by atoms with Crippen LogP contribution in [0.4, 0.5) is 0 Å². The molecule has 0 saturated heterocycles. The predicted octanol–water partition coefficient (Wildman–Crippen LogP) is 2.92. The van der Waals surface area contributed by atoms with E-state index in [0.717, 1.165) is 5.56 Å². The van der Waals surface area contributed by atoms with E-state index in [9.17, 15) is 4.79 Å². The van der Waals surface area contributed by atoms with E-state index in [4.69, 9.17) is 9.47 Å². The third kappa shape index (κ3) is 4.03. The zero-order valence-corrected chi connectivity index (χ0v) is 9.97. The van der Waals surface area contributed by atoms with Crippen LogP contribution in [0.2, 0.25) is 0 Å². The van der Waals surface area contributed by atoms with Crippen LogP contribution in [0.5, 0.6) is 0 Å². The number of hydrogen-bond acceptors (Lipinski definition) is 3. The van der Waals surface area contributed by atoms with Gasteiger partial charge in [-0.2, -0.15) is 0 Å². The minimum absolute atomic E-state index is 0.00702. The maximum Gasteiger partial charge on any atom is 0.310 e. The summed E-state index contributed by atoms with van der Waals surface area (Å²) in [6.07, 6.45) is -0.0684. The molecular weight excluding hydrogens is 204 g/mol. The second-order valence-electron chi connectivity index (χ2n) is 3.96. The van der Waals surface area contributed by atoms with Gasteiger partial charge in [-0.1, -0.05) is 44.2 Å². The second kappa shape index (κ2) is 6.28. The van der Waals surface area contributed by atoms with Gasteiger partial charge in [0, 0.05) is 0 Å². The van der Waals surface area contributed by atoms with Gasteiger partial charge in [0.1, 0.15) is 0 Å². The molecule has 1 unspecified atom stereocenters. The van der Waals surface area contributed by atoms with Crippen LogP contribution in [0, 0.1) is 5.92 Å². The Morgan fingerprint density at radius 3 is 2.38 bits per heavy atom. The summed E-state index contributed by atoms with van der Waals surface area (Å²) in [6.45, 7) is 5.53. The quantitative estimate of drug-likeness (QED) is 0.567. The summed E-state index contributed by atoms with van der Waals surface area (Å²) in [4.78, 5) is 11.2. The Labute approximate surface area is 96.4 Å². The Balaban J connectivity index is 2.31. The van der Waals surface area contributed by atoms with Crippen molar-refractivity contribution in [2.45, 2.75) is 26.9 Å². The van der Waals surface area contributed by atoms with Crippen molar-refractivity contribution in [2.24, 2.45) is 5.92 Å². The molecule has 0 spiro atoms. The Kier molecular flexibility index (Phi) is 4.99. The average molecular weight is 222 g/mol. The van der Waals surface area contributed by atoms with Crippen LogP contribution >= 0.6 is 0 Å². The largest absolute Gasteiger partial charge is 0.438 e. The molecule has 3 heteroatoms. The Morgan fingerprint density at radius 1 is 1.19 bits per heavy atom. The van der Waals surface area contributed by atoms with Gasteiger partial charge in [-0.25, -0.2) is 0 Å². The predicted molar refractivity (Wildman–Crippen MR) is 61.7 cm³/mol. The van der Waals surface area contributed by atoms with Gasteiger partial charge >= 0.3 is 5.97 Å². The zero-order valence-electron chi connectivity index (χ0n) is 9.97. The SMILES string of the molecule is CC(C)C(=O)OCOC(C)c1ccccc1. The van der Waals surface area contributed by atoms with Crippen LogP contribution in [0.1, 0.15) is 32.4 Å². The van der Waals surface area contributed by atoms with Gasteiger partial charge in [0.05, 0.1) is 12.0 Å².